The molecule has 0 aliphatic heterocycles. The fourth-order valence-corrected chi connectivity index (χ4v) is 3.09. The first kappa shape index (κ1) is 16.3. The molecule has 0 saturated carbocycles. The van der Waals surface area contributed by atoms with E-state index in [0.29, 0.717) is 11.3 Å². The van der Waals surface area contributed by atoms with Gasteiger partial charge in [-0.3, -0.25) is 4.72 Å². The number of nitrogens with one attached hydrogen (secondary N) is 1. The van der Waals surface area contributed by atoms with E-state index in [0.717, 1.165) is 4.47 Å². The van der Waals surface area contributed by atoms with Gasteiger partial charge in [0, 0.05) is 10.9 Å². The average molecular weight is 360 g/mol. The first-order valence-corrected chi connectivity index (χ1v) is 7.87. The second kappa shape index (κ2) is 6.13. The molecule has 0 unspecified atom stereocenters. The van der Waals surface area contributed by atoms with Crippen molar-refractivity contribution < 1.29 is 21.6 Å². The molecule has 19 heavy (non-hydrogen) atoms. The highest BCUT2D eigenvalue weighted by atomic mass is 79.9. The highest BCUT2D eigenvalue weighted by Crippen LogP contribution is 2.23. The molecule has 1 N–H and O–H groups in total. The maximum absolute atomic E-state index is 11.9. The Bertz CT molecular complexity index is 543. The van der Waals surface area contributed by atoms with Gasteiger partial charge in [-0.2, -0.15) is 13.2 Å². The summed E-state index contributed by atoms with van der Waals surface area (Å²) >= 11 is 3.24. The molecule has 0 amide bonds. The second-order valence-corrected chi connectivity index (χ2v) is 6.86. The molecule has 0 aliphatic carbocycles. The summed E-state index contributed by atoms with van der Waals surface area (Å²) in [5, 5.41) is 0. The lowest BCUT2D eigenvalue weighted by Crippen LogP contribution is -2.19. The number of anilines is 1. The third-order valence-electron chi connectivity index (χ3n) is 2.33. The third kappa shape index (κ3) is 6.29. The first-order chi connectivity index (χ1) is 8.59. The van der Waals surface area contributed by atoms with Gasteiger partial charge in [0.25, 0.3) is 0 Å². The normalized spacial score (nSPS) is 12.5. The molecule has 108 valence electrons. The van der Waals surface area contributed by atoms with Gasteiger partial charge < -0.3 is 0 Å². The van der Waals surface area contributed by atoms with Gasteiger partial charge in [0.15, 0.2) is 0 Å². The zero-order valence-corrected chi connectivity index (χ0v) is 12.5. The van der Waals surface area contributed by atoms with Crippen molar-refractivity contribution in [3.8, 4) is 0 Å². The molecular formula is C11H13BrF3NO2S. The molecule has 0 heterocycles. The van der Waals surface area contributed by atoms with Crippen molar-refractivity contribution in [2.75, 3.05) is 10.5 Å². The van der Waals surface area contributed by atoms with Gasteiger partial charge in [-0.15, -0.1) is 0 Å². The Kier molecular flexibility index (Phi) is 5.26. The summed E-state index contributed by atoms with van der Waals surface area (Å²) in [5.74, 6) is -0.554. The number of halogens is 4. The Labute approximate surface area is 118 Å². The Morgan fingerprint density at radius 3 is 2.47 bits per heavy atom. The van der Waals surface area contributed by atoms with Crippen molar-refractivity contribution in [2.45, 2.75) is 25.9 Å². The molecule has 0 atom stereocenters. The second-order valence-electron chi connectivity index (χ2n) is 4.10. The van der Waals surface area contributed by atoms with Crippen LogP contribution in [0, 0.1) is 6.92 Å². The summed E-state index contributed by atoms with van der Waals surface area (Å²) in [6, 6.07) is 4.93. The monoisotopic (exact) mass is 359 g/mol. The lowest BCUT2D eigenvalue weighted by Gasteiger charge is -2.11. The molecule has 8 heteroatoms. The first-order valence-electron chi connectivity index (χ1n) is 5.42. The molecule has 0 saturated heterocycles. The Hall–Kier alpha value is -0.760. The standard InChI is InChI=1S/C11H13BrF3NO2S/c1-8-7-9(12)3-4-10(8)16-19(17,18)6-2-5-11(13,14)15/h3-4,7,16H,2,5-6H2,1H3. The van der Waals surface area contributed by atoms with E-state index in [9.17, 15) is 21.6 Å². The van der Waals surface area contributed by atoms with E-state index in [2.05, 4.69) is 20.7 Å². The van der Waals surface area contributed by atoms with E-state index in [1.807, 2.05) is 0 Å². The SMILES string of the molecule is Cc1cc(Br)ccc1NS(=O)(=O)CCCC(F)(F)F. The maximum atomic E-state index is 11.9. The minimum Gasteiger partial charge on any atom is -0.283 e. The van der Waals surface area contributed by atoms with Crippen molar-refractivity contribution in [1.29, 1.82) is 0 Å². The van der Waals surface area contributed by atoms with E-state index >= 15 is 0 Å². The molecule has 1 aromatic rings. The zero-order chi connectivity index (χ0) is 14.7. The van der Waals surface area contributed by atoms with E-state index in [1.54, 1.807) is 25.1 Å². The molecule has 1 rings (SSSR count). The molecule has 0 spiro atoms. The number of alkyl halides is 3. The van der Waals surface area contributed by atoms with Gasteiger partial charge in [-0.1, -0.05) is 15.9 Å². The molecule has 0 bridgehead atoms. The quantitative estimate of drug-likeness (QED) is 0.867. The Balaban J connectivity index is 2.64. The largest absolute Gasteiger partial charge is 0.389 e. The number of sulfonamides is 1. The molecule has 0 aromatic heterocycles. The summed E-state index contributed by atoms with van der Waals surface area (Å²) in [7, 11) is -3.76. The highest BCUT2D eigenvalue weighted by molar-refractivity contribution is 9.10. The minimum absolute atomic E-state index is 0.371. The number of benzene rings is 1. The molecule has 0 aliphatic rings. The molecule has 3 nitrogen and oxygen atoms in total. The van der Waals surface area contributed by atoms with Crippen LogP contribution in [0.25, 0.3) is 0 Å². The van der Waals surface area contributed by atoms with Crippen molar-refractivity contribution in [3.63, 3.8) is 0 Å². The topological polar surface area (TPSA) is 46.2 Å². The predicted octanol–water partition coefficient (Wildman–Crippen LogP) is 3.84. The van der Waals surface area contributed by atoms with Crippen molar-refractivity contribution in [1.82, 2.24) is 0 Å². The van der Waals surface area contributed by atoms with Crippen LogP contribution in [-0.4, -0.2) is 20.3 Å². The Morgan fingerprint density at radius 2 is 1.95 bits per heavy atom. The van der Waals surface area contributed by atoms with E-state index in [-0.39, 0.29) is 0 Å². The molecule has 0 fully saturated rings. The predicted molar refractivity (Wildman–Crippen MR) is 71.6 cm³/mol. The molecular weight excluding hydrogens is 347 g/mol. The van der Waals surface area contributed by atoms with Gasteiger partial charge in [0.2, 0.25) is 10.0 Å². The van der Waals surface area contributed by atoms with Crippen LogP contribution in [0.4, 0.5) is 18.9 Å². The molecule has 0 radical (unpaired) electrons. The van der Waals surface area contributed by atoms with Gasteiger partial charge in [-0.05, 0) is 37.1 Å². The van der Waals surface area contributed by atoms with Crippen LogP contribution >= 0.6 is 15.9 Å². The smallest absolute Gasteiger partial charge is 0.283 e. The fraction of sp³-hybridized carbons (Fsp3) is 0.455. The average Bonchev–Trinajstić information content (AvgIpc) is 2.20. The number of aryl methyl sites for hydroxylation is 1. The number of hydrogen-bond donors (Lipinski definition) is 1. The Morgan fingerprint density at radius 1 is 1.32 bits per heavy atom. The van der Waals surface area contributed by atoms with Crippen LogP contribution in [0.1, 0.15) is 18.4 Å². The summed E-state index contributed by atoms with van der Waals surface area (Å²) in [5.41, 5.74) is 1.06. The van der Waals surface area contributed by atoms with Gasteiger partial charge in [-0.25, -0.2) is 8.42 Å². The lowest BCUT2D eigenvalue weighted by molar-refractivity contribution is -0.134. The molecule has 1 aromatic carbocycles. The summed E-state index contributed by atoms with van der Waals surface area (Å²) in [4.78, 5) is 0. The lowest BCUT2D eigenvalue weighted by atomic mass is 10.2. The minimum atomic E-state index is -4.33. The van der Waals surface area contributed by atoms with Crippen molar-refractivity contribution in [2.24, 2.45) is 0 Å². The van der Waals surface area contributed by atoms with Gasteiger partial charge in [0.05, 0.1) is 11.4 Å². The van der Waals surface area contributed by atoms with E-state index < -0.39 is 34.8 Å². The van der Waals surface area contributed by atoms with Crippen LogP contribution < -0.4 is 4.72 Å². The van der Waals surface area contributed by atoms with Crippen LogP contribution in [0.15, 0.2) is 22.7 Å². The van der Waals surface area contributed by atoms with E-state index in [1.165, 1.54) is 0 Å². The fourth-order valence-electron chi connectivity index (χ4n) is 1.42. The van der Waals surface area contributed by atoms with Gasteiger partial charge in [0.1, 0.15) is 0 Å². The number of rotatable bonds is 5. The van der Waals surface area contributed by atoms with Crippen molar-refractivity contribution in [3.05, 3.63) is 28.2 Å². The van der Waals surface area contributed by atoms with Crippen LogP contribution in [0.2, 0.25) is 0 Å². The number of hydrogen-bond acceptors (Lipinski definition) is 2. The summed E-state index contributed by atoms with van der Waals surface area (Å²) in [6.07, 6.45) is -5.88. The summed E-state index contributed by atoms with van der Waals surface area (Å²) < 4.78 is 62.2. The summed E-state index contributed by atoms with van der Waals surface area (Å²) in [6.45, 7) is 1.71. The van der Waals surface area contributed by atoms with Crippen LogP contribution in [0.5, 0.6) is 0 Å². The zero-order valence-electron chi connectivity index (χ0n) is 10.1. The van der Waals surface area contributed by atoms with E-state index in [4.69, 9.17) is 0 Å². The van der Waals surface area contributed by atoms with Crippen LogP contribution in [-0.2, 0) is 10.0 Å². The highest BCUT2D eigenvalue weighted by Gasteiger charge is 2.27. The van der Waals surface area contributed by atoms with Gasteiger partial charge >= 0.3 is 6.18 Å². The third-order valence-corrected chi connectivity index (χ3v) is 4.18. The maximum Gasteiger partial charge on any atom is 0.389 e. The van der Waals surface area contributed by atoms with Crippen molar-refractivity contribution >= 4 is 31.6 Å². The van der Waals surface area contributed by atoms with Crippen LogP contribution in [0.3, 0.4) is 0 Å².